The van der Waals surface area contributed by atoms with Crippen molar-refractivity contribution in [3.05, 3.63) is 35.8 Å². The van der Waals surface area contributed by atoms with Gasteiger partial charge in [0.15, 0.2) is 5.13 Å². The lowest BCUT2D eigenvalue weighted by atomic mass is 10.2. The highest BCUT2D eigenvalue weighted by atomic mass is 32.2. The molecule has 0 bridgehead atoms. The normalized spacial score (nSPS) is 19.3. The second-order valence-electron chi connectivity index (χ2n) is 8.32. The molecule has 1 aromatic heterocycles. The third-order valence-corrected chi connectivity index (χ3v) is 8.73. The first-order valence-corrected chi connectivity index (χ1v) is 13.6. The molecule has 2 aromatic rings. The number of benzene rings is 1. The minimum absolute atomic E-state index is 0.0872. The summed E-state index contributed by atoms with van der Waals surface area (Å²) in [5.41, 5.74) is 0.615. The summed E-state index contributed by atoms with van der Waals surface area (Å²) in [4.78, 5) is 21.7. The number of rotatable bonds is 6. The summed E-state index contributed by atoms with van der Waals surface area (Å²) >= 11 is 1.64. The molecule has 0 saturated carbocycles. The number of aromatic nitrogens is 1. The molecule has 1 amide bonds. The molecule has 2 saturated heterocycles. The molecule has 0 radical (unpaired) electrons. The summed E-state index contributed by atoms with van der Waals surface area (Å²) < 4.78 is 27.4. The number of nitrogens with one attached hydrogen (secondary N) is 1. The summed E-state index contributed by atoms with van der Waals surface area (Å²) in [6.07, 6.45) is 6.78. The molecule has 0 unspecified atom stereocenters. The van der Waals surface area contributed by atoms with Crippen LogP contribution in [0.2, 0.25) is 0 Å². The zero-order valence-electron chi connectivity index (χ0n) is 18.3. The first-order valence-electron chi connectivity index (χ1n) is 11.3. The fourth-order valence-electron chi connectivity index (χ4n) is 4.24. The van der Waals surface area contributed by atoms with Crippen LogP contribution in [0.1, 0.15) is 32.1 Å². The number of hydrogen-bond donors (Lipinski definition) is 1. The summed E-state index contributed by atoms with van der Waals surface area (Å²) in [6.45, 7) is 4.94. The van der Waals surface area contributed by atoms with Crippen molar-refractivity contribution in [3.8, 4) is 0 Å². The Morgan fingerprint density at radius 2 is 1.69 bits per heavy atom. The van der Waals surface area contributed by atoms with Crippen LogP contribution in [0.5, 0.6) is 0 Å². The highest BCUT2D eigenvalue weighted by Gasteiger charge is 2.25. The van der Waals surface area contributed by atoms with Gasteiger partial charge in [-0.05, 0) is 43.5 Å². The van der Waals surface area contributed by atoms with Crippen LogP contribution in [-0.2, 0) is 14.8 Å². The molecule has 2 aliphatic rings. The Morgan fingerprint density at radius 3 is 2.38 bits per heavy atom. The van der Waals surface area contributed by atoms with Crippen LogP contribution in [0.4, 0.5) is 10.8 Å². The lowest BCUT2D eigenvalue weighted by Crippen LogP contribution is -2.36. The minimum Gasteiger partial charge on any atom is -0.347 e. The summed E-state index contributed by atoms with van der Waals surface area (Å²) in [7, 11) is -3.48. The van der Waals surface area contributed by atoms with Crippen molar-refractivity contribution >= 4 is 38.1 Å². The second kappa shape index (κ2) is 10.7. The molecule has 10 heteroatoms. The van der Waals surface area contributed by atoms with Crippen molar-refractivity contribution in [1.29, 1.82) is 0 Å². The zero-order valence-corrected chi connectivity index (χ0v) is 19.9. The number of carbonyl (C=O) groups is 1. The van der Waals surface area contributed by atoms with Gasteiger partial charge in [-0.1, -0.05) is 12.8 Å². The Morgan fingerprint density at radius 1 is 0.938 bits per heavy atom. The predicted molar refractivity (Wildman–Crippen MR) is 128 cm³/mol. The summed E-state index contributed by atoms with van der Waals surface area (Å²) in [5.74, 6) is -0.0872. The predicted octanol–water partition coefficient (Wildman–Crippen LogP) is 2.86. The van der Waals surface area contributed by atoms with Crippen LogP contribution in [-0.4, -0.2) is 74.3 Å². The first kappa shape index (κ1) is 23.2. The molecule has 4 rings (SSSR count). The van der Waals surface area contributed by atoms with Gasteiger partial charge in [-0.3, -0.25) is 9.69 Å². The van der Waals surface area contributed by atoms with Crippen LogP contribution in [0.15, 0.2) is 40.7 Å². The second-order valence-corrected chi connectivity index (χ2v) is 11.1. The number of carbonyl (C=O) groups excluding carboxylic acids is 1. The standard InChI is InChI=1S/C22H31N5O3S2/c28-21(18-25-11-5-12-26(16-15-25)22-23-10-17-31-22)24-19-6-8-20(9-7-19)32(29,30)27-13-3-1-2-4-14-27/h6-10,17H,1-5,11-16,18H2,(H,24,28). The van der Waals surface area contributed by atoms with Gasteiger partial charge in [0.2, 0.25) is 15.9 Å². The molecule has 2 fully saturated rings. The highest BCUT2D eigenvalue weighted by molar-refractivity contribution is 7.89. The lowest BCUT2D eigenvalue weighted by Gasteiger charge is -2.21. The van der Waals surface area contributed by atoms with E-state index in [0.717, 1.165) is 63.4 Å². The van der Waals surface area contributed by atoms with E-state index in [9.17, 15) is 13.2 Å². The molecule has 32 heavy (non-hydrogen) atoms. The van der Waals surface area contributed by atoms with Crippen molar-refractivity contribution in [2.75, 3.05) is 56.0 Å². The topological polar surface area (TPSA) is 85.9 Å². The third kappa shape index (κ3) is 5.86. The Balaban J connectivity index is 1.30. The zero-order chi connectivity index (χ0) is 22.4. The molecule has 174 valence electrons. The average Bonchev–Trinajstić information content (AvgIpc) is 3.03. The molecule has 8 nitrogen and oxygen atoms in total. The fraction of sp³-hybridized carbons (Fsp3) is 0.545. The summed E-state index contributed by atoms with van der Waals surface area (Å²) in [6, 6.07) is 6.53. The molecule has 3 heterocycles. The van der Waals surface area contributed by atoms with Gasteiger partial charge < -0.3 is 10.2 Å². The van der Waals surface area contributed by atoms with Crippen molar-refractivity contribution in [1.82, 2.24) is 14.2 Å². The number of nitrogens with zero attached hydrogens (tertiary/aromatic N) is 4. The van der Waals surface area contributed by atoms with Crippen molar-refractivity contribution in [2.24, 2.45) is 0 Å². The van der Waals surface area contributed by atoms with Gasteiger partial charge in [0.1, 0.15) is 0 Å². The maximum Gasteiger partial charge on any atom is 0.243 e. The number of amides is 1. The van der Waals surface area contributed by atoms with Crippen LogP contribution in [0.25, 0.3) is 0 Å². The van der Waals surface area contributed by atoms with Gasteiger partial charge in [-0.15, -0.1) is 11.3 Å². The van der Waals surface area contributed by atoms with E-state index < -0.39 is 10.0 Å². The Hall–Kier alpha value is -2.01. The number of anilines is 2. The maximum atomic E-state index is 12.9. The maximum absolute atomic E-state index is 12.9. The number of hydrogen-bond acceptors (Lipinski definition) is 7. The Bertz CT molecular complexity index is 972. The average molecular weight is 478 g/mol. The molecule has 1 N–H and O–H groups in total. The van der Waals surface area contributed by atoms with Crippen molar-refractivity contribution in [2.45, 2.75) is 37.0 Å². The fourth-order valence-corrected chi connectivity index (χ4v) is 6.45. The van der Waals surface area contributed by atoms with Crippen molar-refractivity contribution < 1.29 is 13.2 Å². The smallest absolute Gasteiger partial charge is 0.243 e. The van der Waals surface area contributed by atoms with Gasteiger partial charge in [0, 0.05) is 56.5 Å². The van der Waals surface area contributed by atoms with Crippen LogP contribution >= 0.6 is 11.3 Å². The number of thiazole rings is 1. The van der Waals surface area contributed by atoms with Gasteiger partial charge in [-0.2, -0.15) is 4.31 Å². The van der Waals surface area contributed by atoms with Gasteiger partial charge >= 0.3 is 0 Å². The van der Waals surface area contributed by atoms with Gasteiger partial charge in [-0.25, -0.2) is 13.4 Å². The molecular formula is C22H31N5O3S2. The third-order valence-electron chi connectivity index (χ3n) is 5.99. The number of sulfonamides is 1. The Kier molecular flexibility index (Phi) is 7.77. The van der Waals surface area contributed by atoms with E-state index in [1.807, 2.05) is 11.6 Å². The van der Waals surface area contributed by atoms with E-state index in [2.05, 4.69) is 20.1 Å². The minimum atomic E-state index is -3.48. The highest BCUT2D eigenvalue weighted by Crippen LogP contribution is 2.22. The van der Waals surface area contributed by atoms with E-state index >= 15 is 0 Å². The monoisotopic (exact) mass is 477 g/mol. The van der Waals surface area contributed by atoms with Crippen LogP contribution in [0, 0.1) is 0 Å². The van der Waals surface area contributed by atoms with E-state index in [1.165, 1.54) is 0 Å². The van der Waals surface area contributed by atoms with E-state index in [0.29, 0.717) is 25.3 Å². The van der Waals surface area contributed by atoms with E-state index in [4.69, 9.17) is 0 Å². The van der Waals surface area contributed by atoms with Crippen molar-refractivity contribution in [3.63, 3.8) is 0 Å². The van der Waals surface area contributed by atoms with E-state index in [1.54, 1.807) is 39.9 Å². The largest absolute Gasteiger partial charge is 0.347 e. The summed E-state index contributed by atoms with van der Waals surface area (Å²) in [5, 5.41) is 5.92. The van der Waals surface area contributed by atoms with Gasteiger partial charge in [0.25, 0.3) is 0 Å². The van der Waals surface area contributed by atoms with Crippen LogP contribution in [0.3, 0.4) is 0 Å². The Labute approximate surface area is 194 Å². The SMILES string of the molecule is O=C(CN1CCCN(c2nccs2)CC1)Nc1ccc(S(=O)(=O)N2CCCCCC2)cc1. The first-order chi connectivity index (χ1) is 15.5. The van der Waals surface area contributed by atoms with Gasteiger partial charge in [0.05, 0.1) is 11.4 Å². The molecule has 1 aromatic carbocycles. The van der Waals surface area contributed by atoms with Crippen LogP contribution < -0.4 is 10.2 Å². The molecule has 2 aliphatic heterocycles. The lowest BCUT2D eigenvalue weighted by molar-refractivity contribution is -0.117. The molecular weight excluding hydrogens is 446 g/mol. The molecule has 0 aliphatic carbocycles. The molecule has 0 spiro atoms. The molecule has 0 atom stereocenters. The quantitative estimate of drug-likeness (QED) is 0.689. The van der Waals surface area contributed by atoms with E-state index in [-0.39, 0.29) is 10.8 Å².